The van der Waals surface area contributed by atoms with Crippen molar-refractivity contribution in [2.75, 3.05) is 0 Å². The molecular formula is C21H22N4O3. The van der Waals surface area contributed by atoms with E-state index < -0.39 is 17.2 Å². The van der Waals surface area contributed by atoms with Crippen LogP contribution in [0.2, 0.25) is 0 Å². The Morgan fingerprint density at radius 3 is 2.25 bits per heavy atom. The maximum absolute atomic E-state index is 12.8. The van der Waals surface area contributed by atoms with Crippen molar-refractivity contribution in [3.8, 4) is 5.69 Å². The van der Waals surface area contributed by atoms with Crippen molar-refractivity contribution in [1.29, 1.82) is 0 Å². The fraction of sp³-hybridized carbons (Fsp3) is 0.238. The van der Waals surface area contributed by atoms with E-state index in [2.05, 4.69) is 10.4 Å². The Morgan fingerprint density at radius 2 is 1.64 bits per heavy atom. The number of amides is 1. The molecule has 1 aromatic heterocycles. The van der Waals surface area contributed by atoms with Crippen LogP contribution in [0.3, 0.4) is 0 Å². The number of hydrogen-bond donors (Lipinski definition) is 1. The molecule has 144 valence electrons. The van der Waals surface area contributed by atoms with Gasteiger partial charge in [-0.25, -0.2) is 4.79 Å². The first-order chi connectivity index (χ1) is 13.5. The second-order valence-electron chi connectivity index (χ2n) is 6.44. The molecule has 0 saturated carbocycles. The van der Waals surface area contributed by atoms with Crippen LogP contribution in [0.25, 0.3) is 5.69 Å². The van der Waals surface area contributed by atoms with E-state index in [4.69, 9.17) is 0 Å². The van der Waals surface area contributed by atoms with E-state index in [0.717, 1.165) is 14.8 Å². The van der Waals surface area contributed by atoms with Crippen LogP contribution in [0.1, 0.15) is 42.4 Å². The summed E-state index contributed by atoms with van der Waals surface area (Å²) in [6.07, 6.45) is 0.579. The number of aromatic nitrogens is 3. The Labute approximate surface area is 162 Å². The lowest BCUT2D eigenvalue weighted by Crippen LogP contribution is -2.46. The molecule has 0 aliphatic rings. The zero-order valence-electron chi connectivity index (χ0n) is 15.8. The van der Waals surface area contributed by atoms with E-state index in [1.165, 1.54) is 0 Å². The van der Waals surface area contributed by atoms with Gasteiger partial charge >= 0.3 is 5.69 Å². The minimum atomic E-state index is -0.684. The second kappa shape index (κ2) is 8.47. The molecule has 0 saturated heterocycles. The van der Waals surface area contributed by atoms with Crippen LogP contribution in [-0.2, 0) is 6.54 Å². The zero-order valence-corrected chi connectivity index (χ0v) is 15.8. The molecule has 0 aliphatic heterocycles. The number of benzene rings is 2. The molecule has 1 atom stereocenters. The molecule has 0 aliphatic carbocycles. The van der Waals surface area contributed by atoms with Gasteiger partial charge in [0, 0.05) is 6.54 Å². The Hall–Kier alpha value is -3.48. The SMILES string of the molecule is CCCn1c(=O)c(C(=O)N[C@H](C)c2ccccc2)nn(-c2ccccc2)c1=O. The molecule has 3 aromatic rings. The highest BCUT2D eigenvalue weighted by molar-refractivity contribution is 5.92. The Balaban J connectivity index is 2.04. The number of carbonyl (C=O) groups excluding carboxylic acids is 1. The minimum absolute atomic E-state index is 0.210. The summed E-state index contributed by atoms with van der Waals surface area (Å²) in [5.41, 5.74) is -0.161. The quantitative estimate of drug-likeness (QED) is 0.713. The zero-order chi connectivity index (χ0) is 20.1. The van der Waals surface area contributed by atoms with Crippen LogP contribution >= 0.6 is 0 Å². The Kier molecular flexibility index (Phi) is 5.84. The molecular weight excluding hydrogens is 356 g/mol. The summed E-state index contributed by atoms with van der Waals surface area (Å²) in [4.78, 5) is 38.3. The smallest absolute Gasteiger partial charge is 0.344 e. The molecule has 0 spiro atoms. The maximum Gasteiger partial charge on any atom is 0.352 e. The van der Waals surface area contributed by atoms with Crippen molar-refractivity contribution < 1.29 is 4.79 Å². The van der Waals surface area contributed by atoms with E-state index in [1.54, 1.807) is 24.3 Å². The topological polar surface area (TPSA) is 86.0 Å². The Bertz CT molecular complexity index is 1070. The lowest BCUT2D eigenvalue weighted by molar-refractivity contribution is 0.0930. The third-order valence-corrected chi connectivity index (χ3v) is 4.37. The highest BCUT2D eigenvalue weighted by Gasteiger charge is 2.21. The van der Waals surface area contributed by atoms with Crippen LogP contribution < -0.4 is 16.6 Å². The van der Waals surface area contributed by atoms with E-state index in [1.807, 2.05) is 50.2 Å². The molecule has 1 heterocycles. The standard InChI is InChI=1S/C21H22N4O3/c1-3-14-24-20(27)18(19(26)22-15(2)16-10-6-4-7-11-16)23-25(21(24)28)17-12-8-5-9-13-17/h4-13,15H,3,14H2,1-2H3,(H,22,26)/t15-/m1/s1. The summed E-state index contributed by atoms with van der Waals surface area (Å²) >= 11 is 0. The third-order valence-electron chi connectivity index (χ3n) is 4.37. The monoisotopic (exact) mass is 378 g/mol. The van der Waals surface area contributed by atoms with Gasteiger partial charge < -0.3 is 5.32 Å². The van der Waals surface area contributed by atoms with Crippen LogP contribution in [0.4, 0.5) is 0 Å². The van der Waals surface area contributed by atoms with Gasteiger partial charge in [-0.1, -0.05) is 55.5 Å². The predicted octanol–water partition coefficient (Wildman–Crippen LogP) is 2.30. The van der Waals surface area contributed by atoms with Crippen LogP contribution in [0, 0.1) is 0 Å². The number of para-hydroxylation sites is 1. The average molecular weight is 378 g/mol. The lowest BCUT2D eigenvalue weighted by Gasteiger charge is -2.15. The average Bonchev–Trinajstić information content (AvgIpc) is 2.72. The molecule has 1 N–H and O–H groups in total. The predicted molar refractivity (Wildman–Crippen MR) is 107 cm³/mol. The van der Waals surface area contributed by atoms with Crippen molar-refractivity contribution in [2.24, 2.45) is 0 Å². The van der Waals surface area contributed by atoms with Gasteiger partial charge in [0.15, 0.2) is 0 Å². The first kappa shape index (κ1) is 19.3. The number of rotatable bonds is 6. The summed E-state index contributed by atoms with van der Waals surface area (Å²) in [5, 5.41) is 6.88. The number of nitrogens with zero attached hydrogens (tertiary/aromatic N) is 3. The van der Waals surface area contributed by atoms with Crippen LogP contribution in [-0.4, -0.2) is 20.3 Å². The van der Waals surface area contributed by atoms with Crippen molar-refractivity contribution >= 4 is 5.91 Å². The Morgan fingerprint density at radius 1 is 1.04 bits per heavy atom. The highest BCUT2D eigenvalue weighted by Crippen LogP contribution is 2.11. The molecule has 2 aromatic carbocycles. The van der Waals surface area contributed by atoms with Crippen molar-refractivity contribution in [1.82, 2.24) is 19.7 Å². The molecule has 0 unspecified atom stereocenters. The number of nitrogens with one attached hydrogen (secondary N) is 1. The van der Waals surface area contributed by atoms with Crippen molar-refractivity contribution in [3.05, 3.63) is 92.8 Å². The molecule has 0 bridgehead atoms. The molecule has 7 heteroatoms. The van der Waals surface area contributed by atoms with Crippen molar-refractivity contribution in [3.63, 3.8) is 0 Å². The minimum Gasteiger partial charge on any atom is -0.344 e. The molecule has 0 radical (unpaired) electrons. The first-order valence-electron chi connectivity index (χ1n) is 9.18. The third kappa shape index (κ3) is 3.93. The first-order valence-corrected chi connectivity index (χ1v) is 9.18. The van der Waals surface area contributed by atoms with E-state index in [-0.39, 0.29) is 18.3 Å². The number of carbonyl (C=O) groups is 1. The maximum atomic E-state index is 12.8. The summed E-state index contributed by atoms with van der Waals surface area (Å²) in [7, 11) is 0. The molecule has 0 fully saturated rings. The lowest BCUT2D eigenvalue weighted by atomic mass is 10.1. The second-order valence-corrected chi connectivity index (χ2v) is 6.44. The number of hydrogen-bond acceptors (Lipinski definition) is 4. The fourth-order valence-electron chi connectivity index (χ4n) is 2.91. The fourth-order valence-corrected chi connectivity index (χ4v) is 2.91. The van der Waals surface area contributed by atoms with E-state index in [9.17, 15) is 14.4 Å². The summed E-state index contributed by atoms with van der Waals surface area (Å²) in [6, 6.07) is 17.8. The van der Waals surface area contributed by atoms with Crippen LogP contribution in [0.5, 0.6) is 0 Å². The molecule has 7 nitrogen and oxygen atoms in total. The van der Waals surface area contributed by atoms with E-state index in [0.29, 0.717) is 12.1 Å². The van der Waals surface area contributed by atoms with Gasteiger partial charge in [-0.05, 0) is 31.0 Å². The van der Waals surface area contributed by atoms with Crippen LogP contribution in [0.15, 0.2) is 70.3 Å². The molecule has 1 amide bonds. The highest BCUT2D eigenvalue weighted by atomic mass is 16.2. The molecule has 28 heavy (non-hydrogen) atoms. The van der Waals surface area contributed by atoms with Gasteiger partial charge in [-0.15, -0.1) is 0 Å². The normalized spacial score (nSPS) is 11.8. The van der Waals surface area contributed by atoms with Gasteiger partial charge in [0.05, 0.1) is 11.7 Å². The summed E-state index contributed by atoms with van der Waals surface area (Å²) in [6.45, 7) is 3.89. The summed E-state index contributed by atoms with van der Waals surface area (Å²) in [5.74, 6) is -0.615. The van der Waals surface area contributed by atoms with E-state index >= 15 is 0 Å². The van der Waals surface area contributed by atoms with Gasteiger partial charge in [0.25, 0.3) is 11.5 Å². The van der Waals surface area contributed by atoms with Gasteiger partial charge in [-0.3, -0.25) is 14.2 Å². The summed E-state index contributed by atoms with van der Waals surface area (Å²) < 4.78 is 2.15. The van der Waals surface area contributed by atoms with Gasteiger partial charge in [0.1, 0.15) is 0 Å². The van der Waals surface area contributed by atoms with Gasteiger partial charge in [0.2, 0.25) is 5.69 Å². The van der Waals surface area contributed by atoms with Crippen molar-refractivity contribution in [2.45, 2.75) is 32.9 Å². The van der Waals surface area contributed by atoms with Gasteiger partial charge in [-0.2, -0.15) is 9.78 Å². The largest absolute Gasteiger partial charge is 0.352 e. The molecule has 3 rings (SSSR count).